The molecule has 0 spiro atoms. The summed E-state index contributed by atoms with van der Waals surface area (Å²) in [5.41, 5.74) is -0.798. The van der Waals surface area contributed by atoms with Gasteiger partial charge in [-0.05, 0) is 85.4 Å². The molecule has 2 aromatic heterocycles. The highest BCUT2D eigenvalue weighted by atomic mass is 79.9. The first kappa shape index (κ1) is 31.0. The number of methoxy groups -OCH3 is 1. The summed E-state index contributed by atoms with van der Waals surface area (Å²) < 4.78 is 66.0. The van der Waals surface area contributed by atoms with E-state index in [1.54, 1.807) is 32.9 Å². The third-order valence-corrected chi connectivity index (χ3v) is 6.73. The number of ether oxygens (including phenoxy) is 2. The van der Waals surface area contributed by atoms with E-state index in [4.69, 9.17) is 9.47 Å². The van der Waals surface area contributed by atoms with Crippen molar-refractivity contribution in [1.82, 2.24) is 15.3 Å². The molecule has 1 aliphatic heterocycles. The summed E-state index contributed by atoms with van der Waals surface area (Å²) in [5, 5.41) is 2.64. The van der Waals surface area contributed by atoms with Crippen molar-refractivity contribution in [3.05, 3.63) is 69.8 Å². The highest BCUT2D eigenvalue weighted by Crippen LogP contribution is 2.41. The molecule has 2 amide bonds. The van der Waals surface area contributed by atoms with Crippen LogP contribution in [0.4, 0.5) is 39.4 Å². The number of carbonyl (C=O) groups is 2. The lowest BCUT2D eigenvalue weighted by molar-refractivity contribution is -0.141. The van der Waals surface area contributed by atoms with Crippen LogP contribution in [0.1, 0.15) is 48.8 Å². The second kappa shape index (κ2) is 12.1. The van der Waals surface area contributed by atoms with Crippen molar-refractivity contribution in [2.45, 2.75) is 45.4 Å². The number of hydrogen-bond donors (Lipinski definition) is 1. The maximum absolute atomic E-state index is 14.4. The highest BCUT2D eigenvalue weighted by Gasteiger charge is 2.38. The van der Waals surface area contributed by atoms with E-state index in [1.807, 2.05) is 0 Å². The van der Waals surface area contributed by atoms with Crippen molar-refractivity contribution < 1.29 is 36.6 Å². The summed E-state index contributed by atoms with van der Waals surface area (Å²) in [6, 6.07) is 7.85. The van der Waals surface area contributed by atoms with Crippen LogP contribution in [0.2, 0.25) is 0 Å². The molecule has 1 N–H and O–H groups in total. The van der Waals surface area contributed by atoms with Gasteiger partial charge in [0.15, 0.2) is 0 Å². The fourth-order valence-electron chi connectivity index (χ4n) is 4.33. The topological polar surface area (TPSA) is 96.9 Å². The number of alkyl halides is 3. The molecule has 224 valence electrons. The van der Waals surface area contributed by atoms with Gasteiger partial charge < -0.3 is 19.7 Å². The van der Waals surface area contributed by atoms with E-state index in [9.17, 15) is 27.2 Å². The largest absolute Gasteiger partial charge is 0.481 e. The standard InChI is InChI=1S/C28H28BrF4N5O4/c1-27(2,3)42-26(40)34-11-5-6-16-12-17(30)7-8-19(16)37-15-38(20-9-10-23(41-4)36-24(20)29)25(39)18-14-35-22(13-21(18)37)28(31,32)33/h7-10,12-14H,5-6,11,15H2,1-4H3,(H,34,40). The molecule has 42 heavy (non-hydrogen) atoms. The Balaban J connectivity index is 1.72. The maximum Gasteiger partial charge on any atom is 0.433 e. The Morgan fingerprint density at radius 1 is 1.07 bits per heavy atom. The molecule has 0 saturated heterocycles. The first-order valence-electron chi connectivity index (χ1n) is 12.8. The Kier molecular flexibility index (Phi) is 8.95. The molecule has 0 aliphatic carbocycles. The molecule has 3 aromatic rings. The minimum Gasteiger partial charge on any atom is -0.481 e. The number of aromatic nitrogens is 2. The van der Waals surface area contributed by atoms with Gasteiger partial charge in [-0.15, -0.1) is 0 Å². The Hall–Kier alpha value is -3.94. The molecule has 9 nitrogen and oxygen atoms in total. The zero-order chi connectivity index (χ0) is 30.8. The number of anilines is 3. The fourth-order valence-corrected chi connectivity index (χ4v) is 4.85. The molecule has 1 aliphatic rings. The molecular formula is C28H28BrF4N5O4. The Morgan fingerprint density at radius 2 is 1.79 bits per heavy atom. The molecule has 14 heteroatoms. The Morgan fingerprint density at radius 3 is 2.43 bits per heavy atom. The van der Waals surface area contributed by atoms with Gasteiger partial charge in [0.25, 0.3) is 5.91 Å². The first-order chi connectivity index (χ1) is 19.7. The predicted octanol–water partition coefficient (Wildman–Crippen LogP) is 6.62. The van der Waals surface area contributed by atoms with Crippen LogP contribution in [0.25, 0.3) is 0 Å². The van der Waals surface area contributed by atoms with Gasteiger partial charge in [0, 0.05) is 24.5 Å². The lowest BCUT2D eigenvalue weighted by Gasteiger charge is -2.39. The lowest BCUT2D eigenvalue weighted by atomic mass is 10.0. The first-order valence-corrected chi connectivity index (χ1v) is 13.6. The smallest absolute Gasteiger partial charge is 0.433 e. The molecule has 0 fully saturated rings. The van der Waals surface area contributed by atoms with Gasteiger partial charge in [-0.2, -0.15) is 13.2 Å². The van der Waals surface area contributed by atoms with E-state index >= 15 is 0 Å². The number of nitrogens with one attached hydrogen (secondary N) is 1. The number of carbonyl (C=O) groups excluding carboxylic acids is 2. The van der Waals surface area contributed by atoms with Crippen LogP contribution in [0, 0.1) is 5.82 Å². The molecule has 1 aromatic carbocycles. The van der Waals surface area contributed by atoms with Crippen LogP contribution in [0.3, 0.4) is 0 Å². The summed E-state index contributed by atoms with van der Waals surface area (Å²) in [4.78, 5) is 36.1. The third kappa shape index (κ3) is 7.09. The third-order valence-electron chi connectivity index (χ3n) is 6.15. The molecule has 3 heterocycles. The van der Waals surface area contributed by atoms with E-state index in [0.717, 1.165) is 12.3 Å². The number of aryl methyl sites for hydroxylation is 1. The normalized spacial score (nSPS) is 13.6. The number of hydrogen-bond acceptors (Lipinski definition) is 7. The van der Waals surface area contributed by atoms with Crippen LogP contribution < -0.4 is 19.9 Å². The van der Waals surface area contributed by atoms with Gasteiger partial charge in [-0.3, -0.25) is 14.7 Å². The summed E-state index contributed by atoms with van der Waals surface area (Å²) in [6.07, 6.45) is -3.85. The SMILES string of the molecule is COc1ccc(N2CN(c3ccc(F)cc3CCCNC(=O)OC(C)(C)C)c3cc(C(F)(F)F)ncc3C2=O)c(Br)n1. The van der Waals surface area contributed by atoms with Crippen LogP contribution in [-0.4, -0.2) is 47.9 Å². The minimum absolute atomic E-state index is 0.0316. The number of benzene rings is 1. The predicted molar refractivity (Wildman–Crippen MR) is 151 cm³/mol. The number of alkyl carbamates (subject to hydrolysis) is 1. The van der Waals surface area contributed by atoms with E-state index in [0.29, 0.717) is 23.4 Å². The molecule has 0 unspecified atom stereocenters. The second-order valence-electron chi connectivity index (χ2n) is 10.4. The zero-order valence-electron chi connectivity index (χ0n) is 23.2. The summed E-state index contributed by atoms with van der Waals surface area (Å²) in [5.74, 6) is -0.864. The molecular weight excluding hydrogens is 626 g/mol. The van der Waals surface area contributed by atoms with Crippen molar-refractivity contribution in [3.63, 3.8) is 0 Å². The van der Waals surface area contributed by atoms with Crippen molar-refractivity contribution in [2.75, 3.05) is 30.1 Å². The Bertz CT molecular complexity index is 1500. The molecule has 4 rings (SSSR count). The average Bonchev–Trinajstić information content (AvgIpc) is 2.90. The van der Waals surface area contributed by atoms with E-state index in [1.165, 1.54) is 35.1 Å². The fraction of sp³-hybridized carbons (Fsp3) is 0.357. The number of nitrogens with zero attached hydrogens (tertiary/aromatic N) is 4. The van der Waals surface area contributed by atoms with Gasteiger partial charge in [0.1, 0.15) is 28.4 Å². The summed E-state index contributed by atoms with van der Waals surface area (Å²) in [6.45, 7) is 5.19. The van der Waals surface area contributed by atoms with Crippen LogP contribution in [-0.2, 0) is 17.3 Å². The van der Waals surface area contributed by atoms with Gasteiger partial charge in [0.05, 0.1) is 24.0 Å². The van der Waals surface area contributed by atoms with Crippen molar-refractivity contribution in [3.8, 4) is 5.88 Å². The van der Waals surface area contributed by atoms with Gasteiger partial charge in [-0.25, -0.2) is 14.2 Å². The van der Waals surface area contributed by atoms with Crippen molar-refractivity contribution >= 4 is 45.0 Å². The number of pyridine rings is 2. The van der Waals surface area contributed by atoms with Gasteiger partial charge >= 0.3 is 12.3 Å². The second-order valence-corrected chi connectivity index (χ2v) is 11.1. The summed E-state index contributed by atoms with van der Waals surface area (Å²) >= 11 is 3.34. The summed E-state index contributed by atoms with van der Waals surface area (Å²) in [7, 11) is 1.43. The van der Waals surface area contributed by atoms with E-state index in [2.05, 4.69) is 31.2 Å². The van der Waals surface area contributed by atoms with Crippen molar-refractivity contribution in [1.29, 1.82) is 0 Å². The van der Waals surface area contributed by atoms with E-state index < -0.39 is 35.3 Å². The van der Waals surface area contributed by atoms with Gasteiger partial charge in [-0.1, -0.05) is 0 Å². The maximum atomic E-state index is 14.4. The molecule has 0 saturated carbocycles. The Labute approximate surface area is 248 Å². The number of rotatable bonds is 7. The van der Waals surface area contributed by atoms with Crippen LogP contribution in [0.15, 0.2) is 47.2 Å². The van der Waals surface area contributed by atoms with Crippen LogP contribution in [0.5, 0.6) is 5.88 Å². The quantitative estimate of drug-likeness (QED) is 0.174. The zero-order valence-corrected chi connectivity index (χ0v) is 24.8. The van der Waals surface area contributed by atoms with E-state index in [-0.39, 0.29) is 41.4 Å². The number of amides is 2. The van der Waals surface area contributed by atoms with Gasteiger partial charge in [0.2, 0.25) is 5.88 Å². The molecule has 0 bridgehead atoms. The van der Waals surface area contributed by atoms with Crippen LogP contribution >= 0.6 is 15.9 Å². The van der Waals surface area contributed by atoms with Crippen molar-refractivity contribution in [2.24, 2.45) is 0 Å². The monoisotopic (exact) mass is 653 g/mol. The number of fused-ring (bicyclic) bond motifs is 1. The highest BCUT2D eigenvalue weighted by molar-refractivity contribution is 9.10. The minimum atomic E-state index is -4.76. The lowest BCUT2D eigenvalue weighted by Crippen LogP contribution is -2.45. The number of halogens is 5. The molecule has 0 atom stereocenters. The average molecular weight is 654 g/mol. The molecule has 0 radical (unpaired) electrons.